The molecule has 0 saturated heterocycles. The van der Waals surface area contributed by atoms with Crippen molar-refractivity contribution in [1.29, 1.82) is 0 Å². The molecule has 0 aromatic carbocycles. The molecule has 10 atom stereocenters. The van der Waals surface area contributed by atoms with E-state index in [1.165, 1.54) is 0 Å². The van der Waals surface area contributed by atoms with Gasteiger partial charge in [0.25, 0.3) is 0 Å². The maximum absolute atomic E-state index is 11.4. The first-order valence-corrected chi connectivity index (χ1v) is 13.2. The van der Waals surface area contributed by atoms with Gasteiger partial charge in [0, 0.05) is 11.9 Å². The molecule has 0 aromatic heterocycles. The van der Waals surface area contributed by atoms with E-state index >= 15 is 0 Å². The van der Waals surface area contributed by atoms with E-state index in [0.29, 0.717) is 18.8 Å². The van der Waals surface area contributed by atoms with E-state index in [9.17, 15) is 22.9 Å². The van der Waals surface area contributed by atoms with Crippen LogP contribution >= 0.6 is 0 Å². The summed E-state index contributed by atoms with van der Waals surface area (Å²) in [7, 11) is -5.33. The molecule has 0 aliphatic heterocycles. The Balaban J connectivity index is 0.00000380. The third-order valence-corrected chi connectivity index (χ3v) is 10.1. The summed E-state index contributed by atoms with van der Waals surface area (Å²) in [5, 5.41) is 20.6. The molecule has 7 nitrogen and oxygen atoms in total. The van der Waals surface area contributed by atoms with Crippen molar-refractivity contribution < 1.29 is 67.2 Å². The summed E-state index contributed by atoms with van der Waals surface area (Å²) in [4.78, 5) is 11.1. The van der Waals surface area contributed by atoms with Crippen LogP contribution in [0.2, 0.25) is 0 Å². The van der Waals surface area contributed by atoms with Gasteiger partial charge in [-0.05, 0) is 104 Å². The summed E-state index contributed by atoms with van der Waals surface area (Å²) in [6.45, 7) is 6.21. The summed E-state index contributed by atoms with van der Waals surface area (Å²) >= 11 is 0. The Kier molecular flexibility index (Phi) is 6.80. The monoisotopic (exact) mass is 498 g/mol. The van der Waals surface area contributed by atoms with Crippen molar-refractivity contribution in [3.63, 3.8) is 0 Å². The van der Waals surface area contributed by atoms with Crippen LogP contribution in [0.15, 0.2) is 0 Å². The maximum Gasteiger partial charge on any atom is 1.00 e. The van der Waals surface area contributed by atoms with Crippen molar-refractivity contribution in [1.82, 2.24) is 0 Å². The molecule has 0 aromatic rings. The quantitative estimate of drug-likeness (QED) is 0.318. The van der Waals surface area contributed by atoms with Crippen LogP contribution in [0.1, 0.15) is 90.4 Å². The van der Waals surface area contributed by atoms with Gasteiger partial charge in [-0.1, -0.05) is 20.8 Å². The van der Waals surface area contributed by atoms with Crippen LogP contribution in [0.25, 0.3) is 0 Å². The van der Waals surface area contributed by atoms with Gasteiger partial charge in [-0.2, -0.15) is 0 Å². The van der Waals surface area contributed by atoms with Crippen LogP contribution in [-0.4, -0.2) is 41.4 Å². The van der Waals surface area contributed by atoms with E-state index < -0.39 is 52.7 Å². The van der Waals surface area contributed by atoms with E-state index in [0.717, 1.165) is 19.3 Å². The molecule has 33 heavy (non-hydrogen) atoms. The number of fused-ring (bicyclic) bond motifs is 5. The minimum absolute atomic E-state index is 0. The van der Waals surface area contributed by atoms with Crippen LogP contribution in [0, 0.1) is 46.3 Å². The van der Waals surface area contributed by atoms with Gasteiger partial charge in [0.2, 0.25) is 10.4 Å². The van der Waals surface area contributed by atoms with Crippen molar-refractivity contribution >= 4 is 16.4 Å². The minimum atomic E-state index is -5.33. The Morgan fingerprint density at radius 1 is 1.21 bits per heavy atom. The third-order valence-electron chi connectivity index (χ3n) is 9.71. The van der Waals surface area contributed by atoms with Crippen LogP contribution in [0.5, 0.6) is 0 Å². The van der Waals surface area contributed by atoms with Gasteiger partial charge in [-0.15, -0.1) is 0 Å². The molecule has 4 saturated carbocycles. The van der Waals surface area contributed by atoms with Crippen LogP contribution < -0.4 is 29.6 Å². The number of hydrogen-bond acceptors (Lipinski definition) is 6. The molecule has 4 aliphatic carbocycles. The first-order valence-electron chi connectivity index (χ1n) is 13.9. The van der Waals surface area contributed by atoms with E-state index in [4.69, 9.17) is 10.6 Å². The predicted octanol–water partition coefficient (Wildman–Crippen LogP) is 0.966. The zero-order chi connectivity index (χ0) is 27.1. The number of aliphatic carboxylic acids is 1. The smallest absolute Gasteiger partial charge is 0.726 e. The molecule has 2 N–H and O–H groups in total. The number of aliphatic hydroxyl groups excluding tert-OH is 1. The Hall–Kier alpha value is 0.300. The number of carboxylic acids is 1. The summed E-state index contributed by atoms with van der Waals surface area (Å²) in [5.74, 6) is -1.27. The molecule has 4 rings (SSSR count). The fourth-order valence-corrected chi connectivity index (χ4v) is 8.56. The molecular weight excluding hydrogens is 455 g/mol. The molecule has 0 spiro atoms. The molecule has 0 heterocycles. The molecule has 4 aliphatic rings. The van der Waals surface area contributed by atoms with Crippen molar-refractivity contribution in [3.8, 4) is 0 Å². The van der Waals surface area contributed by atoms with Gasteiger partial charge in [-0.3, -0.25) is 8.98 Å². The second kappa shape index (κ2) is 9.98. The van der Waals surface area contributed by atoms with Crippen molar-refractivity contribution in [2.24, 2.45) is 46.3 Å². The standard InChI is InChI=1S/C24H40O7S.Na/c1-14(4-7-21(26)27)17-5-6-18-22-19(9-11-24(17,18)3)23(2)10-8-16(31-32(28,29)30)12-15(23)13-20(22)25;/h14-20,22,25H,4-13H2,1-3H3,(H,26,27)(H,28,29,30);/q;+1/p-1/t14-,15+,16-,17-,18?,19?,20+,22?,23+,24-;/m1./s1/i8D2,12D2;. The zero-order valence-corrected chi connectivity index (χ0v) is 22.9. The fourth-order valence-electron chi connectivity index (χ4n) is 8.20. The second-order valence-corrected chi connectivity index (χ2v) is 12.2. The van der Waals surface area contributed by atoms with Gasteiger partial charge >= 0.3 is 35.5 Å². The molecule has 9 heteroatoms. The number of carboxylic acid groups (broad SMARTS) is 1. The average molecular weight is 499 g/mol. The summed E-state index contributed by atoms with van der Waals surface area (Å²) < 4.78 is 73.2. The van der Waals surface area contributed by atoms with Crippen LogP contribution in [0.4, 0.5) is 0 Å². The SMILES string of the molecule is [2H]C1([2H])C[C@]2(C)C3CC[C@@]4(C)C(CC[C@@H]4[C@H](C)CCC(=O)O)C3[C@@H](O)C[C@@H]2C([2H])([2H])[C@@H]1OS(=O)(=O)[O-].[Na+]. The number of rotatable bonds is 6. The van der Waals surface area contributed by atoms with Gasteiger partial charge in [0.1, 0.15) is 0 Å². The largest absolute Gasteiger partial charge is 1.00 e. The van der Waals surface area contributed by atoms with Gasteiger partial charge in [-0.25, -0.2) is 8.42 Å². The first kappa shape index (κ1) is 22.5. The molecule has 0 bridgehead atoms. The van der Waals surface area contributed by atoms with Crippen molar-refractivity contribution in [2.45, 2.75) is 97.1 Å². The Labute approximate surface area is 226 Å². The Morgan fingerprint density at radius 3 is 2.52 bits per heavy atom. The number of aliphatic hydroxyl groups is 1. The zero-order valence-electron chi connectivity index (χ0n) is 24.1. The van der Waals surface area contributed by atoms with Crippen molar-refractivity contribution in [2.75, 3.05) is 0 Å². The fraction of sp³-hybridized carbons (Fsp3) is 0.958. The summed E-state index contributed by atoms with van der Waals surface area (Å²) in [5.41, 5.74) is -0.935. The molecule has 0 radical (unpaired) electrons. The third kappa shape index (κ3) is 5.23. The van der Waals surface area contributed by atoms with E-state index in [-0.39, 0.29) is 77.9 Å². The van der Waals surface area contributed by atoms with Crippen molar-refractivity contribution in [3.05, 3.63) is 0 Å². The minimum Gasteiger partial charge on any atom is -0.726 e. The summed E-state index contributed by atoms with van der Waals surface area (Å²) in [6.07, 6.45) is -3.81. The second-order valence-electron chi connectivity index (χ2n) is 11.2. The summed E-state index contributed by atoms with van der Waals surface area (Å²) in [6, 6.07) is 0. The Morgan fingerprint density at radius 2 is 1.88 bits per heavy atom. The normalized spacial score (nSPS) is 50.6. The van der Waals surface area contributed by atoms with Crippen LogP contribution in [-0.2, 0) is 19.4 Å². The average Bonchev–Trinajstić information content (AvgIpc) is 3.07. The van der Waals surface area contributed by atoms with Gasteiger partial charge in [0.05, 0.1) is 12.2 Å². The molecule has 4 fully saturated rings. The van der Waals surface area contributed by atoms with Gasteiger partial charge < -0.3 is 14.8 Å². The number of hydrogen-bond donors (Lipinski definition) is 2. The topological polar surface area (TPSA) is 124 Å². The molecule has 0 amide bonds. The predicted molar refractivity (Wildman–Crippen MR) is 117 cm³/mol. The molecule has 184 valence electrons. The maximum atomic E-state index is 11.4. The first-order chi connectivity index (χ1) is 16.3. The van der Waals surface area contributed by atoms with E-state index in [1.807, 2.05) is 6.92 Å². The van der Waals surface area contributed by atoms with Crippen LogP contribution in [0.3, 0.4) is 0 Å². The van der Waals surface area contributed by atoms with E-state index in [1.54, 1.807) is 0 Å². The number of carbonyl (C=O) groups is 1. The van der Waals surface area contributed by atoms with E-state index in [2.05, 4.69) is 18.0 Å². The Bertz CT molecular complexity index is 998. The van der Waals surface area contributed by atoms with Gasteiger partial charge in [0.15, 0.2) is 0 Å². The molecule has 3 unspecified atom stereocenters. The molecular formula is C24H39NaO7S.